The molecule has 0 spiro atoms. The average molecular weight is 403 g/mol. The molecule has 7 heteroatoms. The van der Waals surface area contributed by atoms with E-state index in [4.69, 9.17) is 16.3 Å². The van der Waals surface area contributed by atoms with Gasteiger partial charge in [0, 0.05) is 21.8 Å². The second kappa shape index (κ2) is 7.64. The Kier molecular flexibility index (Phi) is 5.42. The monoisotopic (exact) mass is 402 g/mol. The number of alkyl carbamates (subject to hydrolysis) is 1. The third kappa shape index (κ3) is 4.51. The molecule has 0 aromatic heterocycles. The van der Waals surface area contributed by atoms with Crippen molar-refractivity contribution in [3.63, 3.8) is 0 Å². The van der Waals surface area contributed by atoms with Crippen molar-refractivity contribution in [1.29, 1.82) is 0 Å². The Morgan fingerprint density at radius 2 is 1.89 bits per heavy atom. The van der Waals surface area contributed by atoms with Crippen LogP contribution in [0.4, 0.5) is 14.9 Å². The Bertz CT molecular complexity index is 966. The van der Waals surface area contributed by atoms with Crippen molar-refractivity contribution in [3.05, 3.63) is 70.5 Å². The minimum absolute atomic E-state index is 0.290. The van der Waals surface area contributed by atoms with E-state index in [-0.39, 0.29) is 0 Å². The predicted octanol–water partition coefficient (Wildman–Crippen LogP) is 4.76. The summed E-state index contributed by atoms with van der Waals surface area (Å²) < 4.78 is 19.8. The molecular weight excluding hydrogens is 383 g/mol. The van der Waals surface area contributed by atoms with E-state index in [2.05, 4.69) is 10.6 Å². The first-order valence-corrected chi connectivity index (χ1v) is 9.09. The Hall–Kier alpha value is -2.86. The van der Waals surface area contributed by atoms with Crippen molar-refractivity contribution < 1.29 is 18.7 Å². The first-order chi connectivity index (χ1) is 13.1. The van der Waals surface area contributed by atoms with Crippen LogP contribution in [0.15, 0.2) is 48.5 Å². The highest BCUT2D eigenvalue weighted by Crippen LogP contribution is 2.35. The van der Waals surface area contributed by atoms with Gasteiger partial charge in [0.25, 0.3) is 5.91 Å². The fourth-order valence-electron chi connectivity index (χ4n) is 2.85. The first-order valence-electron chi connectivity index (χ1n) is 8.71. The second-order valence-corrected chi connectivity index (χ2v) is 7.80. The van der Waals surface area contributed by atoms with Gasteiger partial charge in [0.2, 0.25) is 0 Å². The Morgan fingerprint density at radius 3 is 2.57 bits per heavy atom. The van der Waals surface area contributed by atoms with E-state index < -0.39 is 29.5 Å². The largest absolute Gasteiger partial charge is 0.444 e. The van der Waals surface area contributed by atoms with Gasteiger partial charge in [-0.25, -0.2) is 9.18 Å². The van der Waals surface area contributed by atoms with Crippen molar-refractivity contribution in [1.82, 2.24) is 5.32 Å². The Labute approximate surface area is 167 Å². The molecule has 2 aromatic rings. The highest BCUT2D eigenvalue weighted by molar-refractivity contribution is 6.31. The highest BCUT2D eigenvalue weighted by Gasteiger charge is 2.28. The topological polar surface area (TPSA) is 67.4 Å². The summed E-state index contributed by atoms with van der Waals surface area (Å²) in [4.78, 5) is 24.9. The van der Waals surface area contributed by atoms with Crippen molar-refractivity contribution in [3.8, 4) is 0 Å². The van der Waals surface area contributed by atoms with Crippen LogP contribution in [-0.4, -0.2) is 23.6 Å². The summed E-state index contributed by atoms with van der Waals surface area (Å²) in [6, 6.07) is 10.1. The molecule has 1 aliphatic rings. The van der Waals surface area contributed by atoms with Crippen molar-refractivity contribution in [2.45, 2.75) is 32.4 Å². The van der Waals surface area contributed by atoms with Crippen LogP contribution in [-0.2, 0) is 9.53 Å². The molecule has 0 radical (unpaired) electrons. The van der Waals surface area contributed by atoms with Gasteiger partial charge in [-0.05, 0) is 56.7 Å². The molecule has 2 amide bonds. The summed E-state index contributed by atoms with van der Waals surface area (Å²) in [6.45, 7) is 5.16. The lowest BCUT2D eigenvalue weighted by Gasteiger charge is -2.21. The molecule has 1 unspecified atom stereocenters. The van der Waals surface area contributed by atoms with Crippen LogP contribution in [0.3, 0.4) is 0 Å². The zero-order chi connectivity index (χ0) is 20.5. The number of ether oxygens (including phenoxy) is 1. The van der Waals surface area contributed by atoms with E-state index in [0.717, 1.165) is 0 Å². The second-order valence-electron chi connectivity index (χ2n) is 7.36. The summed E-state index contributed by atoms with van der Waals surface area (Å²) in [7, 11) is 0. The summed E-state index contributed by atoms with van der Waals surface area (Å²) >= 11 is 6.13. The van der Waals surface area contributed by atoms with Crippen LogP contribution in [0, 0.1) is 5.82 Å². The van der Waals surface area contributed by atoms with Gasteiger partial charge in [-0.3, -0.25) is 4.79 Å². The molecule has 0 fully saturated rings. The van der Waals surface area contributed by atoms with Crippen LogP contribution in [0.2, 0.25) is 5.02 Å². The van der Waals surface area contributed by atoms with Gasteiger partial charge in [-0.2, -0.15) is 0 Å². The van der Waals surface area contributed by atoms with Crippen molar-refractivity contribution in [2.75, 3.05) is 5.32 Å². The van der Waals surface area contributed by atoms with Gasteiger partial charge in [-0.1, -0.05) is 29.8 Å². The minimum atomic E-state index is -1.06. The number of hydrogen-bond acceptors (Lipinski definition) is 3. The normalized spacial score (nSPS) is 16.4. The lowest BCUT2D eigenvalue weighted by Crippen LogP contribution is -2.44. The molecule has 0 saturated heterocycles. The van der Waals surface area contributed by atoms with Crippen LogP contribution in [0.5, 0.6) is 0 Å². The molecule has 1 heterocycles. The van der Waals surface area contributed by atoms with E-state index in [0.29, 0.717) is 27.4 Å². The standard InChI is InChI=1S/C21H20ClFN2O3/c1-21(2,3)28-20(27)25-18-11-14(13-6-4-5-7-16(13)23)15-10-12(22)8-9-17(15)24-19(18)26/h4-11,18H,1-3H3,(H,24,26)(H,25,27). The smallest absolute Gasteiger partial charge is 0.408 e. The van der Waals surface area contributed by atoms with E-state index in [9.17, 15) is 14.0 Å². The number of carbonyl (C=O) groups is 2. The minimum Gasteiger partial charge on any atom is -0.444 e. The predicted molar refractivity (Wildman–Crippen MR) is 107 cm³/mol. The highest BCUT2D eigenvalue weighted by atomic mass is 35.5. The van der Waals surface area contributed by atoms with Gasteiger partial charge in [-0.15, -0.1) is 0 Å². The van der Waals surface area contributed by atoms with Crippen LogP contribution >= 0.6 is 11.6 Å². The van der Waals surface area contributed by atoms with E-state index in [1.165, 1.54) is 12.1 Å². The van der Waals surface area contributed by atoms with Crippen molar-refractivity contribution >= 4 is 34.9 Å². The lowest BCUT2D eigenvalue weighted by molar-refractivity contribution is -0.117. The average Bonchev–Trinajstić information content (AvgIpc) is 2.71. The van der Waals surface area contributed by atoms with Gasteiger partial charge in [0.15, 0.2) is 0 Å². The number of benzene rings is 2. The third-order valence-electron chi connectivity index (χ3n) is 3.98. The maximum absolute atomic E-state index is 14.5. The summed E-state index contributed by atoms with van der Waals surface area (Å²) in [5.74, 6) is -0.925. The van der Waals surface area contributed by atoms with Crippen molar-refractivity contribution in [2.24, 2.45) is 0 Å². The molecule has 5 nitrogen and oxygen atoms in total. The number of hydrogen-bond donors (Lipinski definition) is 2. The van der Waals surface area contributed by atoms with E-state index in [1.54, 1.807) is 57.2 Å². The molecule has 1 aliphatic heterocycles. The number of amides is 2. The summed E-state index contributed by atoms with van der Waals surface area (Å²) in [5, 5.41) is 5.71. The molecule has 0 bridgehead atoms. The Balaban J connectivity index is 2.08. The molecule has 0 aliphatic carbocycles. The SMILES string of the molecule is CC(C)(C)OC(=O)NC1C=C(c2ccccc2F)c2cc(Cl)ccc2NC1=O. The number of anilines is 1. The molecular formula is C21H20ClFN2O3. The van der Waals surface area contributed by atoms with Gasteiger partial charge in [0.05, 0.1) is 0 Å². The molecule has 3 rings (SSSR count). The molecule has 1 atom stereocenters. The van der Waals surface area contributed by atoms with E-state index in [1.807, 2.05) is 0 Å². The van der Waals surface area contributed by atoms with Gasteiger partial charge >= 0.3 is 6.09 Å². The zero-order valence-electron chi connectivity index (χ0n) is 15.7. The number of rotatable bonds is 2. The third-order valence-corrected chi connectivity index (χ3v) is 4.22. The van der Waals surface area contributed by atoms with Crippen LogP contribution in [0.1, 0.15) is 31.9 Å². The lowest BCUT2D eigenvalue weighted by atomic mass is 9.95. The summed E-state index contributed by atoms with van der Waals surface area (Å²) in [6.07, 6.45) is 0.751. The first kappa shape index (κ1) is 19.9. The zero-order valence-corrected chi connectivity index (χ0v) is 16.4. The molecule has 2 N–H and O–H groups in total. The number of fused-ring (bicyclic) bond motifs is 1. The molecule has 2 aromatic carbocycles. The fraction of sp³-hybridized carbons (Fsp3) is 0.238. The Morgan fingerprint density at radius 1 is 1.18 bits per heavy atom. The quantitative estimate of drug-likeness (QED) is 0.761. The summed E-state index contributed by atoms with van der Waals surface area (Å²) in [5.41, 5.74) is 1.03. The van der Waals surface area contributed by atoms with Crippen LogP contribution in [0.25, 0.3) is 5.57 Å². The number of carbonyl (C=O) groups excluding carboxylic acids is 2. The van der Waals surface area contributed by atoms with E-state index >= 15 is 0 Å². The number of halogens is 2. The molecule has 0 saturated carbocycles. The van der Waals surface area contributed by atoms with Gasteiger partial charge in [0.1, 0.15) is 17.5 Å². The fourth-order valence-corrected chi connectivity index (χ4v) is 3.02. The number of nitrogens with one attached hydrogen (secondary N) is 2. The maximum atomic E-state index is 14.5. The van der Waals surface area contributed by atoms with Crippen LogP contribution < -0.4 is 10.6 Å². The van der Waals surface area contributed by atoms with Gasteiger partial charge < -0.3 is 15.4 Å². The molecule has 28 heavy (non-hydrogen) atoms. The molecule has 146 valence electrons. The maximum Gasteiger partial charge on any atom is 0.408 e.